The van der Waals surface area contributed by atoms with Crippen LogP contribution in [0.4, 0.5) is 13.2 Å². The lowest BCUT2D eigenvalue weighted by Crippen LogP contribution is -2.42. The smallest absolute Gasteiger partial charge is 0.251 e. The molecule has 25 heavy (non-hydrogen) atoms. The molecule has 1 N–H and O–H groups in total. The fourth-order valence-corrected chi connectivity index (χ4v) is 3.54. The summed E-state index contributed by atoms with van der Waals surface area (Å²) in [6.07, 6.45) is -2.31. The van der Waals surface area contributed by atoms with Gasteiger partial charge in [0.15, 0.2) is 0 Å². The van der Waals surface area contributed by atoms with Crippen LogP contribution in [0.3, 0.4) is 0 Å². The van der Waals surface area contributed by atoms with Gasteiger partial charge in [0.25, 0.3) is 10.0 Å². The largest absolute Gasteiger partial charge is 0.417 e. The standard InChI is InChI=1S/C15H19F3N4O2S/c1-3-11-9-20-22(10-11)14(19-4-2)21-25(23,24)13-8-6-5-7-12(13)15(16,17)18/h5-9,11H,3-4,10H2,1-2H3,(H,19,21). The monoisotopic (exact) mass is 376 g/mol. The van der Waals surface area contributed by atoms with Crippen molar-refractivity contribution < 1.29 is 21.6 Å². The quantitative estimate of drug-likeness (QED) is 0.649. The van der Waals surface area contributed by atoms with E-state index in [0.717, 1.165) is 24.6 Å². The van der Waals surface area contributed by atoms with Gasteiger partial charge in [-0.25, -0.2) is 18.1 Å². The molecule has 1 aliphatic rings. The van der Waals surface area contributed by atoms with Gasteiger partial charge in [0, 0.05) is 18.7 Å². The van der Waals surface area contributed by atoms with E-state index >= 15 is 0 Å². The molecule has 1 aromatic rings. The maximum Gasteiger partial charge on any atom is 0.417 e. The highest BCUT2D eigenvalue weighted by Gasteiger charge is 2.37. The molecule has 0 saturated heterocycles. The minimum absolute atomic E-state index is 0.0910. The van der Waals surface area contributed by atoms with E-state index in [1.807, 2.05) is 6.92 Å². The molecule has 6 nitrogen and oxygen atoms in total. The Kier molecular flexibility index (Phi) is 5.71. The lowest BCUT2D eigenvalue weighted by atomic mass is 10.1. The lowest BCUT2D eigenvalue weighted by molar-refractivity contribution is -0.139. The minimum atomic E-state index is -4.79. The first kappa shape index (κ1) is 19.2. The zero-order valence-corrected chi connectivity index (χ0v) is 14.6. The number of guanidine groups is 1. The molecule has 0 saturated carbocycles. The summed E-state index contributed by atoms with van der Waals surface area (Å²) in [4.78, 5) is 3.19. The first-order valence-corrected chi connectivity index (χ1v) is 9.22. The molecule has 0 bridgehead atoms. The molecule has 0 aromatic heterocycles. The number of halogens is 3. The van der Waals surface area contributed by atoms with Crippen LogP contribution in [0, 0.1) is 5.92 Å². The van der Waals surface area contributed by atoms with E-state index < -0.39 is 26.7 Å². The van der Waals surface area contributed by atoms with E-state index in [-0.39, 0.29) is 18.4 Å². The zero-order valence-electron chi connectivity index (χ0n) is 13.8. The van der Waals surface area contributed by atoms with Gasteiger partial charge in [0.05, 0.1) is 17.0 Å². The van der Waals surface area contributed by atoms with Crippen molar-refractivity contribution in [1.82, 2.24) is 9.73 Å². The fourth-order valence-electron chi connectivity index (χ4n) is 2.29. The molecule has 1 atom stereocenters. The Hall–Kier alpha value is -2.10. The maximum atomic E-state index is 13.1. The number of hydrazone groups is 1. The van der Waals surface area contributed by atoms with Crippen molar-refractivity contribution in [3.63, 3.8) is 0 Å². The molecule has 10 heteroatoms. The number of hydrogen-bond donors (Lipinski definition) is 1. The van der Waals surface area contributed by atoms with Crippen LogP contribution in [0.15, 0.2) is 39.3 Å². The summed E-state index contributed by atoms with van der Waals surface area (Å²) in [5.41, 5.74) is -1.23. The van der Waals surface area contributed by atoms with Crippen LogP contribution in [0.25, 0.3) is 0 Å². The van der Waals surface area contributed by atoms with Crippen molar-refractivity contribution in [1.29, 1.82) is 0 Å². The number of aliphatic imine (C=N–C) groups is 1. The summed E-state index contributed by atoms with van der Waals surface area (Å²) >= 11 is 0. The van der Waals surface area contributed by atoms with Gasteiger partial charge in [-0.2, -0.15) is 18.3 Å². The van der Waals surface area contributed by atoms with E-state index in [2.05, 4.69) is 14.8 Å². The average molecular weight is 376 g/mol. The van der Waals surface area contributed by atoms with Gasteiger partial charge >= 0.3 is 6.18 Å². The zero-order chi connectivity index (χ0) is 18.7. The fraction of sp³-hybridized carbons (Fsp3) is 0.467. The van der Waals surface area contributed by atoms with Gasteiger partial charge in [-0.3, -0.25) is 4.99 Å². The molecule has 0 spiro atoms. The number of hydrogen-bond acceptors (Lipinski definition) is 4. The number of rotatable bonds is 4. The van der Waals surface area contributed by atoms with Crippen LogP contribution in [-0.4, -0.2) is 38.7 Å². The van der Waals surface area contributed by atoms with Gasteiger partial charge < -0.3 is 0 Å². The van der Waals surface area contributed by atoms with E-state index in [1.165, 1.54) is 11.1 Å². The predicted molar refractivity (Wildman–Crippen MR) is 88.7 cm³/mol. The van der Waals surface area contributed by atoms with Crippen molar-refractivity contribution in [3.05, 3.63) is 29.8 Å². The predicted octanol–water partition coefficient (Wildman–Crippen LogP) is 2.69. The second-order valence-electron chi connectivity index (χ2n) is 5.41. The molecule has 0 aliphatic carbocycles. The van der Waals surface area contributed by atoms with Crippen LogP contribution >= 0.6 is 0 Å². The molecule has 0 amide bonds. The summed E-state index contributed by atoms with van der Waals surface area (Å²) in [5, 5.41) is 5.44. The Morgan fingerprint density at radius 3 is 2.60 bits per heavy atom. The third-order valence-electron chi connectivity index (χ3n) is 3.61. The highest BCUT2D eigenvalue weighted by molar-refractivity contribution is 7.90. The molecule has 1 heterocycles. The SMILES string of the molecule is CCN=C(NS(=O)(=O)c1ccccc1C(F)(F)F)N1CC(CC)C=N1. The highest BCUT2D eigenvalue weighted by atomic mass is 32.2. The highest BCUT2D eigenvalue weighted by Crippen LogP contribution is 2.33. The van der Waals surface area contributed by atoms with Gasteiger partial charge in [-0.05, 0) is 25.5 Å². The van der Waals surface area contributed by atoms with Crippen LogP contribution in [0.5, 0.6) is 0 Å². The van der Waals surface area contributed by atoms with Gasteiger partial charge in [-0.1, -0.05) is 19.1 Å². The summed E-state index contributed by atoms with van der Waals surface area (Å²) in [6.45, 7) is 4.32. The molecule has 1 aliphatic heterocycles. The van der Waals surface area contributed by atoms with E-state index in [9.17, 15) is 21.6 Å². The van der Waals surface area contributed by atoms with Crippen molar-refractivity contribution in [2.24, 2.45) is 16.0 Å². The summed E-state index contributed by atoms with van der Waals surface area (Å²) in [6, 6.07) is 4.02. The first-order valence-electron chi connectivity index (χ1n) is 7.74. The molecule has 0 fully saturated rings. The average Bonchev–Trinajstić information content (AvgIpc) is 3.02. The van der Waals surface area contributed by atoms with Gasteiger partial charge in [0.1, 0.15) is 0 Å². The lowest BCUT2D eigenvalue weighted by Gasteiger charge is -2.20. The van der Waals surface area contributed by atoms with E-state index in [4.69, 9.17) is 0 Å². The maximum absolute atomic E-state index is 13.1. The van der Waals surface area contributed by atoms with Gasteiger partial charge in [0.2, 0.25) is 5.96 Å². The topological polar surface area (TPSA) is 74.1 Å². The first-order chi connectivity index (χ1) is 11.7. The van der Waals surface area contributed by atoms with Crippen LogP contribution in [-0.2, 0) is 16.2 Å². The van der Waals surface area contributed by atoms with E-state index in [1.54, 1.807) is 13.1 Å². The molecule has 1 unspecified atom stereocenters. The number of nitrogens with one attached hydrogen (secondary N) is 1. The Bertz CT molecular complexity index is 775. The third kappa shape index (κ3) is 4.50. The number of nitrogens with zero attached hydrogens (tertiary/aromatic N) is 3. The number of sulfonamides is 1. The Morgan fingerprint density at radius 1 is 1.36 bits per heavy atom. The van der Waals surface area contributed by atoms with Crippen molar-refractivity contribution in [3.8, 4) is 0 Å². The normalized spacial score (nSPS) is 18.7. The van der Waals surface area contributed by atoms with Crippen molar-refractivity contribution in [2.75, 3.05) is 13.1 Å². The van der Waals surface area contributed by atoms with E-state index in [0.29, 0.717) is 6.54 Å². The molecule has 138 valence electrons. The Labute approximate surface area is 144 Å². The number of benzene rings is 1. The summed E-state index contributed by atoms with van der Waals surface area (Å²) in [7, 11) is -4.47. The molecular formula is C15H19F3N4O2S. The Balaban J connectivity index is 2.34. The van der Waals surface area contributed by atoms with Crippen LogP contribution in [0.1, 0.15) is 25.8 Å². The summed E-state index contributed by atoms with van der Waals surface area (Å²) in [5.74, 6) is 0.0423. The molecule has 0 radical (unpaired) electrons. The molecule has 2 rings (SSSR count). The third-order valence-corrected chi connectivity index (χ3v) is 5.00. The summed E-state index contributed by atoms with van der Waals surface area (Å²) < 4.78 is 66.5. The van der Waals surface area contributed by atoms with Crippen LogP contribution in [0.2, 0.25) is 0 Å². The Morgan fingerprint density at radius 2 is 2.04 bits per heavy atom. The van der Waals surface area contributed by atoms with Crippen molar-refractivity contribution in [2.45, 2.75) is 31.3 Å². The second kappa shape index (κ2) is 7.42. The van der Waals surface area contributed by atoms with Gasteiger partial charge in [-0.15, -0.1) is 0 Å². The molecule has 1 aromatic carbocycles. The van der Waals surface area contributed by atoms with Crippen LogP contribution < -0.4 is 4.72 Å². The number of alkyl halides is 3. The molecular weight excluding hydrogens is 357 g/mol. The van der Waals surface area contributed by atoms with Crippen molar-refractivity contribution >= 4 is 22.2 Å². The second-order valence-corrected chi connectivity index (χ2v) is 7.06. The minimum Gasteiger partial charge on any atom is -0.251 e.